The summed E-state index contributed by atoms with van der Waals surface area (Å²) in [6.07, 6.45) is 7.65. The molecule has 11 heteroatoms. The number of allylic oxidation sites excluding steroid dienone is 3. The lowest BCUT2D eigenvalue weighted by molar-refractivity contribution is 0.00334. The first-order chi connectivity index (χ1) is 18.3. The standard InChI is InChI=1S/C27H34N4O6S/c32-26(25(30-34)16-20-6-2-1-3-7-20)18-31(29-27(33)37-23-13-15-38(35,36)19-23)17-21-9-11-22(12-10-21)24-8-4-5-14-28-24/h1-2,4-6,8-12,14,23,25-26,30,32,34H,3,7,13,15-19H2,(H,29,33). The number of aliphatic hydroxyl groups excluding tert-OH is 1. The molecule has 0 saturated carbocycles. The van der Waals surface area contributed by atoms with E-state index in [1.807, 2.05) is 54.6 Å². The fourth-order valence-corrected chi connectivity index (χ4v) is 6.16. The monoisotopic (exact) mass is 542 g/mol. The summed E-state index contributed by atoms with van der Waals surface area (Å²) >= 11 is 0. The van der Waals surface area contributed by atoms with E-state index in [0.717, 1.165) is 35.2 Å². The topological polar surface area (TPSA) is 141 Å². The molecule has 1 fully saturated rings. The number of hydrogen-bond donors (Lipinski definition) is 4. The summed E-state index contributed by atoms with van der Waals surface area (Å²) in [5, 5.41) is 22.2. The number of carbonyl (C=O) groups is 1. The van der Waals surface area contributed by atoms with Crippen LogP contribution in [0.25, 0.3) is 11.3 Å². The minimum Gasteiger partial charge on any atom is -0.444 e. The van der Waals surface area contributed by atoms with Crippen molar-refractivity contribution in [3.05, 3.63) is 78.0 Å². The van der Waals surface area contributed by atoms with Crippen LogP contribution in [-0.2, 0) is 21.1 Å². The highest BCUT2D eigenvalue weighted by Gasteiger charge is 2.31. The van der Waals surface area contributed by atoms with Gasteiger partial charge >= 0.3 is 6.09 Å². The zero-order valence-corrected chi connectivity index (χ0v) is 21.9. The van der Waals surface area contributed by atoms with Gasteiger partial charge in [0, 0.05) is 24.8 Å². The molecule has 4 N–H and O–H groups in total. The highest BCUT2D eigenvalue weighted by Crippen LogP contribution is 2.21. The number of rotatable bonds is 11. The van der Waals surface area contributed by atoms with Crippen LogP contribution in [0.5, 0.6) is 0 Å². The van der Waals surface area contributed by atoms with E-state index in [9.17, 15) is 23.5 Å². The smallest absolute Gasteiger partial charge is 0.422 e. The Morgan fingerprint density at radius 1 is 1.21 bits per heavy atom. The van der Waals surface area contributed by atoms with Crippen LogP contribution in [-0.4, -0.2) is 71.1 Å². The van der Waals surface area contributed by atoms with Gasteiger partial charge in [-0.15, -0.1) is 0 Å². The Morgan fingerprint density at radius 2 is 2.03 bits per heavy atom. The fraction of sp³-hybridized carbons (Fsp3) is 0.407. The zero-order chi connectivity index (χ0) is 27.0. The van der Waals surface area contributed by atoms with Crippen molar-refractivity contribution in [1.82, 2.24) is 20.9 Å². The molecule has 3 unspecified atom stereocenters. The second-order valence-electron chi connectivity index (χ2n) is 9.63. The molecule has 0 spiro atoms. The van der Waals surface area contributed by atoms with Gasteiger partial charge in [-0.25, -0.2) is 18.2 Å². The summed E-state index contributed by atoms with van der Waals surface area (Å²) in [6.45, 7) is 0.225. The lowest BCUT2D eigenvalue weighted by atomic mass is 9.95. The Morgan fingerprint density at radius 3 is 2.66 bits per heavy atom. The van der Waals surface area contributed by atoms with Crippen LogP contribution in [0.4, 0.5) is 4.79 Å². The van der Waals surface area contributed by atoms with Gasteiger partial charge in [0.15, 0.2) is 9.84 Å². The number of ether oxygens (including phenoxy) is 1. The number of benzene rings is 1. The number of nitrogens with one attached hydrogen (secondary N) is 2. The molecule has 0 radical (unpaired) electrons. The number of hydrogen-bond acceptors (Lipinski definition) is 9. The van der Waals surface area contributed by atoms with E-state index in [4.69, 9.17) is 4.74 Å². The van der Waals surface area contributed by atoms with Gasteiger partial charge in [-0.3, -0.25) is 10.4 Å². The van der Waals surface area contributed by atoms with Crippen LogP contribution < -0.4 is 10.9 Å². The number of hydrazine groups is 1. The van der Waals surface area contributed by atoms with Crippen LogP contribution >= 0.6 is 0 Å². The largest absolute Gasteiger partial charge is 0.444 e. The van der Waals surface area contributed by atoms with Crippen LogP contribution in [0.2, 0.25) is 0 Å². The molecule has 2 aliphatic rings. The molecule has 1 aromatic carbocycles. The summed E-state index contributed by atoms with van der Waals surface area (Å²) in [6, 6.07) is 12.7. The minimum absolute atomic E-state index is 0.00904. The first-order valence-corrected chi connectivity index (χ1v) is 14.5. The second-order valence-corrected chi connectivity index (χ2v) is 11.9. The summed E-state index contributed by atoms with van der Waals surface area (Å²) in [4.78, 5) is 17.0. The van der Waals surface area contributed by atoms with Crippen molar-refractivity contribution >= 4 is 15.9 Å². The molecule has 204 valence electrons. The molecular weight excluding hydrogens is 508 g/mol. The van der Waals surface area contributed by atoms with Gasteiger partial charge in [-0.05, 0) is 43.4 Å². The molecule has 1 aromatic heterocycles. The van der Waals surface area contributed by atoms with Crippen LogP contribution in [0.1, 0.15) is 31.2 Å². The number of nitrogens with zero attached hydrogens (tertiary/aromatic N) is 2. The molecule has 1 aliphatic heterocycles. The number of pyridine rings is 1. The van der Waals surface area contributed by atoms with Crippen molar-refractivity contribution in [2.75, 3.05) is 18.1 Å². The zero-order valence-electron chi connectivity index (χ0n) is 21.1. The number of carbonyl (C=O) groups excluding carboxylic acids is 1. The van der Waals surface area contributed by atoms with Gasteiger partial charge in [0.25, 0.3) is 0 Å². The number of aromatic nitrogens is 1. The maximum absolute atomic E-state index is 12.6. The molecule has 3 atom stereocenters. The average molecular weight is 543 g/mol. The fourth-order valence-electron chi connectivity index (χ4n) is 4.57. The van der Waals surface area contributed by atoms with Gasteiger partial charge in [0.1, 0.15) is 6.10 Å². The van der Waals surface area contributed by atoms with Crippen LogP contribution in [0, 0.1) is 0 Å². The summed E-state index contributed by atoms with van der Waals surface area (Å²) in [5.41, 5.74) is 8.59. The summed E-state index contributed by atoms with van der Waals surface area (Å²) < 4.78 is 28.8. The van der Waals surface area contributed by atoms with E-state index in [1.165, 1.54) is 5.01 Å². The Kier molecular flexibility index (Phi) is 9.64. The Balaban J connectivity index is 1.44. The van der Waals surface area contributed by atoms with E-state index >= 15 is 0 Å². The maximum Gasteiger partial charge on any atom is 0.422 e. The molecule has 2 heterocycles. The number of amides is 1. The predicted molar refractivity (Wildman–Crippen MR) is 143 cm³/mol. The molecule has 10 nitrogen and oxygen atoms in total. The molecule has 4 rings (SSSR count). The molecule has 1 aliphatic carbocycles. The second kappa shape index (κ2) is 13.1. The molecular formula is C27H34N4O6S. The van der Waals surface area contributed by atoms with Gasteiger partial charge in [-0.1, -0.05) is 54.1 Å². The van der Waals surface area contributed by atoms with Crippen molar-refractivity contribution in [2.45, 2.75) is 50.5 Å². The van der Waals surface area contributed by atoms with E-state index in [2.05, 4.69) is 22.0 Å². The van der Waals surface area contributed by atoms with Crippen LogP contribution in [0.3, 0.4) is 0 Å². The Hall–Kier alpha value is -3.09. The number of sulfone groups is 1. The first kappa shape index (κ1) is 27.9. The van der Waals surface area contributed by atoms with E-state index < -0.39 is 34.2 Å². The third kappa shape index (κ3) is 8.20. The van der Waals surface area contributed by atoms with Gasteiger partial charge in [-0.2, -0.15) is 5.48 Å². The molecule has 2 aromatic rings. The molecule has 1 amide bonds. The van der Waals surface area contributed by atoms with Crippen molar-refractivity contribution < 1.29 is 28.3 Å². The predicted octanol–water partition coefficient (Wildman–Crippen LogP) is 2.75. The van der Waals surface area contributed by atoms with Crippen molar-refractivity contribution in [3.63, 3.8) is 0 Å². The van der Waals surface area contributed by atoms with Crippen molar-refractivity contribution in [3.8, 4) is 11.3 Å². The summed E-state index contributed by atoms with van der Waals surface area (Å²) in [7, 11) is -3.20. The normalized spacial score (nSPS) is 20.1. The molecule has 1 saturated heterocycles. The van der Waals surface area contributed by atoms with E-state index in [1.54, 1.807) is 6.20 Å². The lowest BCUT2D eigenvalue weighted by Gasteiger charge is -2.30. The third-order valence-electron chi connectivity index (χ3n) is 6.62. The number of aliphatic hydroxyl groups is 1. The molecule has 38 heavy (non-hydrogen) atoms. The average Bonchev–Trinajstić information content (AvgIpc) is 3.26. The number of hydroxylamine groups is 1. The van der Waals surface area contributed by atoms with E-state index in [-0.39, 0.29) is 31.0 Å². The first-order valence-electron chi connectivity index (χ1n) is 12.7. The summed E-state index contributed by atoms with van der Waals surface area (Å²) in [5.74, 6) is -0.205. The third-order valence-corrected chi connectivity index (χ3v) is 8.36. The van der Waals surface area contributed by atoms with Gasteiger partial charge in [0.05, 0.1) is 29.3 Å². The lowest BCUT2D eigenvalue weighted by Crippen LogP contribution is -2.51. The quantitative estimate of drug-likeness (QED) is 0.315. The van der Waals surface area contributed by atoms with Crippen molar-refractivity contribution in [1.29, 1.82) is 0 Å². The highest BCUT2D eigenvalue weighted by molar-refractivity contribution is 7.91. The Bertz CT molecular complexity index is 1230. The van der Waals surface area contributed by atoms with Crippen molar-refractivity contribution in [2.24, 2.45) is 0 Å². The molecule has 0 bridgehead atoms. The SMILES string of the molecule is O=C(NN(Cc1ccc(-c2ccccn2)cc1)CC(O)C(CC1=CC=CCC1)NO)OC1CCS(=O)(=O)C1. The van der Waals surface area contributed by atoms with E-state index in [0.29, 0.717) is 6.42 Å². The van der Waals surface area contributed by atoms with Gasteiger partial charge < -0.3 is 15.1 Å². The highest BCUT2D eigenvalue weighted by atomic mass is 32.2. The minimum atomic E-state index is -3.20. The maximum atomic E-state index is 12.6. The van der Waals surface area contributed by atoms with Gasteiger partial charge in [0.2, 0.25) is 0 Å². The van der Waals surface area contributed by atoms with Crippen LogP contribution in [0.15, 0.2) is 72.5 Å². The Labute approximate surface area is 222 Å².